The molecule has 3 rings (SSSR count). The zero-order valence-electron chi connectivity index (χ0n) is 12.1. The molecule has 1 aromatic carbocycles. The van der Waals surface area contributed by atoms with Crippen molar-refractivity contribution in [3.63, 3.8) is 0 Å². The van der Waals surface area contributed by atoms with Crippen molar-refractivity contribution in [3.05, 3.63) is 29.3 Å². The lowest BCUT2D eigenvalue weighted by molar-refractivity contribution is 0.00578. The van der Waals surface area contributed by atoms with E-state index in [4.69, 9.17) is 9.31 Å². The number of hydrogen-bond donors (Lipinski definition) is 1. The van der Waals surface area contributed by atoms with Crippen molar-refractivity contribution in [3.8, 4) is 0 Å². The van der Waals surface area contributed by atoms with E-state index in [2.05, 4.69) is 45.9 Å². The molecule has 0 bridgehead atoms. The van der Waals surface area contributed by atoms with Gasteiger partial charge in [0, 0.05) is 0 Å². The highest BCUT2D eigenvalue weighted by Crippen LogP contribution is 2.36. The Hall–Kier alpha value is -0.835. The van der Waals surface area contributed by atoms with Crippen LogP contribution < -0.4 is 5.46 Å². The zero-order chi connectivity index (χ0) is 13.8. The molecule has 4 heteroatoms. The first-order valence-electron chi connectivity index (χ1n) is 6.94. The van der Waals surface area contributed by atoms with Crippen LogP contribution in [0.25, 0.3) is 0 Å². The Morgan fingerprint density at radius 1 is 1.05 bits per heavy atom. The molecule has 1 heterocycles. The molecule has 19 heavy (non-hydrogen) atoms. The van der Waals surface area contributed by atoms with Crippen LogP contribution in [0.4, 0.5) is 0 Å². The van der Waals surface area contributed by atoms with Gasteiger partial charge in [0.2, 0.25) is 0 Å². The van der Waals surface area contributed by atoms with Crippen LogP contribution in [0.5, 0.6) is 0 Å². The second kappa shape index (κ2) is 4.08. The molecule has 2 aliphatic rings. The van der Waals surface area contributed by atoms with Crippen molar-refractivity contribution in [1.82, 2.24) is 0 Å². The van der Waals surface area contributed by atoms with Gasteiger partial charge in [-0.15, -0.1) is 0 Å². The first-order chi connectivity index (χ1) is 8.78. The largest absolute Gasteiger partial charge is 0.494 e. The summed E-state index contributed by atoms with van der Waals surface area (Å²) < 4.78 is 12.1. The standard InChI is InChI=1S/C15H21BO3/c1-14(2)15(3,4)19-16(18-14)12-6-5-10-8-13(17)9-11(10)7-12/h5-7,13,17H,8-9H2,1-4H3. The van der Waals surface area contributed by atoms with Gasteiger partial charge in [-0.1, -0.05) is 18.2 Å². The van der Waals surface area contributed by atoms with E-state index in [0.717, 1.165) is 18.3 Å². The number of hydrogen-bond acceptors (Lipinski definition) is 3. The fraction of sp³-hybridized carbons (Fsp3) is 0.600. The smallest absolute Gasteiger partial charge is 0.399 e. The Morgan fingerprint density at radius 3 is 2.26 bits per heavy atom. The van der Waals surface area contributed by atoms with E-state index < -0.39 is 0 Å². The summed E-state index contributed by atoms with van der Waals surface area (Å²) in [5.74, 6) is 0. The van der Waals surface area contributed by atoms with Crippen molar-refractivity contribution in [2.24, 2.45) is 0 Å². The predicted octanol–water partition coefficient (Wildman–Crippen LogP) is 1.45. The number of fused-ring (bicyclic) bond motifs is 1. The molecule has 102 valence electrons. The Kier molecular flexibility index (Phi) is 2.82. The molecule has 1 aliphatic heterocycles. The van der Waals surface area contributed by atoms with Gasteiger partial charge in [0.1, 0.15) is 0 Å². The lowest BCUT2D eigenvalue weighted by Crippen LogP contribution is -2.41. The molecule has 1 aromatic rings. The summed E-state index contributed by atoms with van der Waals surface area (Å²) in [4.78, 5) is 0. The van der Waals surface area contributed by atoms with Gasteiger partial charge in [-0.2, -0.15) is 0 Å². The average molecular weight is 260 g/mol. The maximum atomic E-state index is 9.71. The molecule has 1 atom stereocenters. The Balaban J connectivity index is 1.88. The van der Waals surface area contributed by atoms with Crippen molar-refractivity contribution >= 4 is 12.6 Å². The minimum absolute atomic E-state index is 0.233. The van der Waals surface area contributed by atoms with Crippen LogP contribution in [-0.4, -0.2) is 29.5 Å². The average Bonchev–Trinajstić information content (AvgIpc) is 2.74. The van der Waals surface area contributed by atoms with Gasteiger partial charge in [0.05, 0.1) is 17.3 Å². The highest BCUT2D eigenvalue weighted by Gasteiger charge is 2.51. The summed E-state index contributed by atoms with van der Waals surface area (Å²) in [6.45, 7) is 8.24. The van der Waals surface area contributed by atoms with E-state index in [9.17, 15) is 5.11 Å². The summed E-state index contributed by atoms with van der Waals surface area (Å²) in [6, 6.07) is 6.26. The van der Waals surface area contributed by atoms with Gasteiger partial charge < -0.3 is 14.4 Å². The quantitative estimate of drug-likeness (QED) is 0.777. The molecule has 1 aliphatic carbocycles. The lowest BCUT2D eigenvalue weighted by atomic mass is 9.78. The lowest BCUT2D eigenvalue weighted by Gasteiger charge is -2.32. The molecule has 1 saturated heterocycles. The highest BCUT2D eigenvalue weighted by atomic mass is 16.7. The van der Waals surface area contributed by atoms with Crippen molar-refractivity contribution in [2.45, 2.75) is 57.8 Å². The number of aliphatic hydroxyl groups is 1. The second-order valence-corrected chi connectivity index (χ2v) is 6.68. The SMILES string of the molecule is CC1(C)OB(c2ccc3c(c2)CC(O)C3)OC1(C)C. The van der Waals surface area contributed by atoms with Gasteiger partial charge in [-0.25, -0.2) is 0 Å². The van der Waals surface area contributed by atoms with Crippen LogP contribution in [0.3, 0.4) is 0 Å². The molecular formula is C15H21BO3. The van der Waals surface area contributed by atoms with Crippen LogP contribution in [0.15, 0.2) is 18.2 Å². The third kappa shape index (κ3) is 2.12. The fourth-order valence-electron chi connectivity index (χ4n) is 2.74. The van der Waals surface area contributed by atoms with Crippen LogP contribution in [0.2, 0.25) is 0 Å². The van der Waals surface area contributed by atoms with Crippen molar-refractivity contribution in [1.29, 1.82) is 0 Å². The van der Waals surface area contributed by atoms with E-state index in [-0.39, 0.29) is 24.4 Å². The normalized spacial score (nSPS) is 27.6. The van der Waals surface area contributed by atoms with E-state index >= 15 is 0 Å². The van der Waals surface area contributed by atoms with Gasteiger partial charge in [0.25, 0.3) is 0 Å². The summed E-state index contributed by atoms with van der Waals surface area (Å²) in [6.07, 6.45) is 1.27. The molecule has 0 radical (unpaired) electrons. The molecule has 3 nitrogen and oxygen atoms in total. The maximum absolute atomic E-state index is 9.71. The third-order valence-corrected chi connectivity index (χ3v) is 4.67. The molecule has 0 saturated carbocycles. The minimum Gasteiger partial charge on any atom is -0.399 e. The van der Waals surface area contributed by atoms with Crippen LogP contribution >= 0.6 is 0 Å². The Morgan fingerprint density at radius 2 is 1.63 bits per heavy atom. The summed E-state index contributed by atoms with van der Waals surface area (Å²) in [5.41, 5.74) is 2.89. The molecule has 1 fully saturated rings. The van der Waals surface area contributed by atoms with Gasteiger partial charge in [-0.3, -0.25) is 0 Å². The first kappa shape index (κ1) is 13.2. The molecule has 0 aromatic heterocycles. The first-order valence-corrected chi connectivity index (χ1v) is 6.94. The number of aliphatic hydroxyl groups excluding tert-OH is 1. The zero-order valence-corrected chi connectivity index (χ0v) is 12.1. The van der Waals surface area contributed by atoms with E-state index in [1.165, 1.54) is 11.1 Å². The van der Waals surface area contributed by atoms with Gasteiger partial charge in [0.15, 0.2) is 0 Å². The highest BCUT2D eigenvalue weighted by molar-refractivity contribution is 6.62. The number of rotatable bonds is 1. The Bertz CT molecular complexity index is 494. The van der Waals surface area contributed by atoms with Crippen molar-refractivity contribution < 1.29 is 14.4 Å². The monoisotopic (exact) mass is 260 g/mol. The second-order valence-electron chi connectivity index (χ2n) is 6.68. The maximum Gasteiger partial charge on any atom is 0.494 e. The fourth-order valence-corrected chi connectivity index (χ4v) is 2.74. The summed E-state index contributed by atoms with van der Waals surface area (Å²) in [7, 11) is -0.312. The molecule has 1 N–H and O–H groups in total. The van der Waals surface area contributed by atoms with Gasteiger partial charge in [-0.05, 0) is 57.1 Å². The third-order valence-electron chi connectivity index (χ3n) is 4.67. The molecular weight excluding hydrogens is 239 g/mol. The van der Waals surface area contributed by atoms with Crippen LogP contribution in [0, 0.1) is 0 Å². The molecule has 1 unspecified atom stereocenters. The number of benzene rings is 1. The van der Waals surface area contributed by atoms with Crippen LogP contribution in [0.1, 0.15) is 38.8 Å². The van der Waals surface area contributed by atoms with E-state index in [1.807, 2.05) is 0 Å². The predicted molar refractivity (Wildman–Crippen MR) is 75.6 cm³/mol. The van der Waals surface area contributed by atoms with Gasteiger partial charge >= 0.3 is 7.12 Å². The van der Waals surface area contributed by atoms with Crippen LogP contribution in [-0.2, 0) is 22.2 Å². The molecule has 0 spiro atoms. The van der Waals surface area contributed by atoms with E-state index in [0.29, 0.717) is 0 Å². The Labute approximate surface area is 115 Å². The van der Waals surface area contributed by atoms with E-state index in [1.54, 1.807) is 0 Å². The van der Waals surface area contributed by atoms with Crippen molar-refractivity contribution in [2.75, 3.05) is 0 Å². The summed E-state index contributed by atoms with van der Waals surface area (Å²) in [5, 5.41) is 9.71. The molecule has 0 amide bonds. The topological polar surface area (TPSA) is 38.7 Å². The minimum atomic E-state index is -0.312. The summed E-state index contributed by atoms with van der Waals surface area (Å²) >= 11 is 0.